The van der Waals surface area contributed by atoms with E-state index in [9.17, 15) is 23.6 Å². The van der Waals surface area contributed by atoms with Crippen molar-refractivity contribution in [3.05, 3.63) is 86.7 Å². The van der Waals surface area contributed by atoms with E-state index in [0.717, 1.165) is 18.2 Å². The first-order valence-corrected chi connectivity index (χ1v) is 16.4. The number of alkyl halides is 2. The topological polar surface area (TPSA) is 114 Å². The zero-order chi connectivity index (χ0) is 37.7. The molecule has 16 heteroatoms. The summed E-state index contributed by atoms with van der Waals surface area (Å²) in [5.41, 5.74) is -3.55. The van der Waals surface area contributed by atoms with E-state index in [1.54, 1.807) is 0 Å². The monoisotopic (exact) mass is 775 g/mol. The van der Waals surface area contributed by atoms with Crippen LogP contribution in [0.3, 0.4) is 0 Å². The Morgan fingerprint density at radius 2 is 1.36 bits per heavy atom. The molecule has 0 aliphatic heterocycles. The van der Waals surface area contributed by atoms with Crippen LogP contribution in [-0.2, 0) is 14.3 Å². The molecule has 4 rings (SSSR count). The van der Waals surface area contributed by atoms with Gasteiger partial charge in [-0.15, -0.1) is 23.2 Å². The van der Waals surface area contributed by atoms with Gasteiger partial charge in [0.05, 0.1) is 16.6 Å². The number of halogens is 7. The van der Waals surface area contributed by atoms with Gasteiger partial charge in [0.25, 0.3) is 5.91 Å². The van der Waals surface area contributed by atoms with Crippen molar-refractivity contribution in [1.82, 2.24) is 0 Å². The summed E-state index contributed by atoms with van der Waals surface area (Å²) in [6.07, 6.45) is -2.87. The Bertz CT molecular complexity index is 1870. The number of anilines is 3. The van der Waals surface area contributed by atoms with Crippen molar-refractivity contribution >= 4 is 87.5 Å². The molecule has 1 fully saturated rings. The number of nitrogens with one attached hydrogen (secondary N) is 2. The van der Waals surface area contributed by atoms with E-state index in [1.165, 1.54) is 72.7 Å². The van der Waals surface area contributed by atoms with E-state index >= 15 is 8.78 Å². The quantitative estimate of drug-likeness (QED) is 0.241. The first kappa shape index (κ1) is 39.1. The van der Waals surface area contributed by atoms with Crippen LogP contribution in [0.1, 0.15) is 68.9 Å². The molecular formula is C34H32Cl4F3N3O6. The molecule has 0 saturated heterocycles. The number of rotatable bonds is 6. The van der Waals surface area contributed by atoms with E-state index in [4.69, 9.17) is 55.9 Å². The number of hydrogen-bond donors (Lipinski definition) is 2. The predicted octanol–water partition coefficient (Wildman–Crippen LogP) is 10.2. The lowest BCUT2D eigenvalue weighted by Crippen LogP contribution is -2.44. The highest BCUT2D eigenvalue weighted by Gasteiger charge is 2.67. The lowest BCUT2D eigenvalue weighted by Gasteiger charge is -2.29. The Labute approximate surface area is 306 Å². The van der Waals surface area contributed by atoms with E-state index in [2.05, 4.69) is 10.6 Å². The van der Waals surface area contributed by atoms with Gasteiger partial charge in [-0.2, -0.15) is 4.90 Å². The van der Waals surface area contributed by atoms with E-state index in [1.807, 2.05) is 0 Å². The smallest absolute Gasteiger partial charge is 0.424 e. The zero-order valence-corrected chi connectivity index (χ0v) is 30.8. The van der Waals surface area contributed by atoms with Crippen LogP contribution in [0.15, 0.2) is 42.5 Å². The summed E-state index contributed by atoms with van der Waals surface area (Å²) in [5, 5.41) is 4.76. The highest BCUT2D eigenvalue weighted by atomic mass is 35.5. The Kier molecular flexibility index (Phi) is 11.0. The van der Waals surface area contributed by atoms with Crippen LogP contribution in [0.2, 0.25) is 10.0 Å². The Morgan fingerprint density at radius 3 is 1.90 bits per heavy atom. The Hall–Kier alpha value is -3.71. The van der Waals surface area contributed by atoms with Crippen molar-refractivity contribution in [2.45, 2.75) is 69.9 Å². The number of ether oxygens (including phenoxy) is 2. The summed E-state index contributed by atoms with van der Waals surface area (Å²) in [4.78, 5) is 53.0. The third-order valence-corrected chi connectivity index (χ3v) is 8.81. The molecule has 268 valence electrons. The fourth-order valence-electron chi connectivity index (χ4n) is 4.88. The number of nitrogens with zero attached hydrogens (tertiary/aromatic N) is 1. The first-order chi connectivity index (χ1) is 22.9. The predicted molar refractivity (Wildman–Crippen MR) is 186 cm³/mol. The highest BCUT2D eigenvalue weighted by molar-refractivity contribution is 6.53. The Balaban J connectivity index is 1.63. The van der Waals surface area contributed by atoms with Crippen molar-refractivity contribution < 1.29 is 41.8 Å². The second kappa shape index (κ2) is 14.1. The SMILES string of the molecule is Cc1c(Cl)cc(NC(=O)[C@H]2[C@H](c3ccc(F)c(Cl)c3)C2(Cl)Cl)cc1C(=O)Nc1ccc(F)c(N(C(=O)OC(C)(C)C)C(=O)OC(C)(C)C)c1F. The highest BCUT2D eigenvalue weighted by Crippen LogP contribution is 2.65. The molecular weight excluding hydrogens is 745 g/mol. The van der Waals surface area contributed by atoms with Gasteiger partial charge in [-0.1, -0.05) is 29.3 Å². The van der Waals surface area contributed by atoms with Gasteiger partial charge in [-0.3, -0.25) is 9.59 Å². The molecule has 0 aromatic heterocycles. The molecule has 4 amide bonds. The summed E-state index contributed by atoms with van der Waals surface area (Å²) in [5.74, 6) is -6.81. The fraction of sp³-hybridized carbons (Fsp3) is 0.353. The van der Waals surface area contributed by atoms with Gasteiger partial charge in [0.15, 0.2) is 11.6 Å². The second-order valence-corrected chi connectivity index (χ2v) is 15.7. The van der Waals surface area contributed by atoms with Gasteiger partial charge in [-0.05, 0) is 96.0 Å². The minimum absolute atomic E-state index is 0.0370. The van der Waals surface area contributed by atoms with E-state index in [-0.39, 0.29) is 31.8 Å². The number of carbonyl (C=O) groups is 4. The average molecular weight is 777 g/mol. The molecule has 1 aliphatic carbocycles. The molecule has 2 atom stereocenters. The van der Waals surface area contributed by atoms with Crippen LogP contribution in [0.5, 0.6) is 0 Å². The van der Waals surface area contributed by atoms with Crippen LogP contribution in [-0.4, -0.2) is 39.5 Å². The molecule has 2 N–H and O–H groups in total. The van der Waals surface area contributed by atoms with Crippen molar-refractivity contribution in [3.63, 3.8) is 0 Å². The second-order valence-electron chi connectivity index (χ2n) is 13.4. The van der Waals surface area contributed by atoms with Crippen molar-refractivity contribution in [2.75, 3.05) is 15.5 Å². The van der Waals surface area contributed by atoms with Crippen LogP contribution in [0.25, 0.3) is 0 Å². The molecule has 1 saturated carbocycles. The van der Waals surface area contributed by atoms with Crippen LogP contribution in [0.4, 0.5) is 39.8 Å². The number of hydrogen-bond acceptors (Lipinski definition) is 6. The van der Waals surface area contributed by atoms with Crippen molar-refractivity contribution in [1.29, 1.82) is 0 Å². The lowest BCUT2D eigenvalue weighted by atomic mass is 10.1. The molecule has 50 heavy (non-hydrogen) atoms. The summed E-state index contributed by atoms with van der Waals surface area (Å²) < 4.78 is 53.8. The van der Waals surface area contributed by atoms with Gasteiger partial charge in [0, 0.05) is 22.2 Å². The van der Waals surface area contributed by atoms with Gasteiger partial charge < -0.3 is 20.1 Å². The number of imide groups is 1. The molecule has 1 aliphatic rings. The van der Waals surface area contributed by atoms with Gasteiger partial charge in [0.1, 0.15) is 27.0 Å². The van der Waals surface area contributed by atoms with Crippen molar-refractivity contribution in [3.8, 4) is 0 Å². The minimum Gasteiger partial charge on any atom is -0.443 e. The van der Waals surface area contributed by atoms with Gasteiger partial charge >= 0.3 is 12.2 Å². The number of amides is 4. The summed E-state index contributed by atoms with van der Waals surface area (Å²) in [7, 11) is 0. The number of carbonyl (C=O) groups excluding carboxylic acids is 4. The van der Waals surface area contributed by atoms with Crippen LogP contribution < -0.4 is 15.5 Å². The zero-order valence-electron chi connectivity index (χ0n) is 27.7. The molecule has 0 radical (unpaired) electrons. The van der Waals surface area contributed by atoms with Crippen LogP contribution >= 0.6 is 46.4 Å². The fourth-order valence-corrected chi connectivity index (χ4v) is 6.12. The maximum Gasteiger partial charge on any atom is 0.424 e. The molecule has 0 bridgehead atoms. The Morgan fingerprint density at radius 1 is 0.800 bits per heavy atom. The normalized spacial score (nSPS) is 16.7. The third-order valence-electron chi connectivity index (χ3n) is 7.19. The lowest BCUT2D eigenvalue weighted by molar-refractivity contribution is -0.117. The summed E-state index contributed by atoms with van der Waals surface area (Å²) in [6.45, 7) is 10.4. The summed E-state index contributed by atoms with van der Waals surface area (Å²) >= 11 is 25.1. The minimum atomic E-state index is -1.55. The van der Waals surface area contributed by atoms with Gasteiger partial charge in [-0.25, -0.2) is 22.8 Å². The molecule has 0 unspecified atom stereocenters. The standard InChI is InChI=1S/C34H32Cl4F3N3O6/c1-15-18(13-17(14-19(15)35)42-29(46)25-24(34(25,37)38)16-8-9-21(39)20(36)12-16)28(45)43-23-11-10-22(40)27(26(23)41)44(30(47)49-32(2,3)4)31(48)50-33(5,6)7/h8-14,24-25H,1-7H3,(H,42,46)(H,43,45)/t24-,25+/m0/s1. The number of benzene rings is 3. The average Bonchev–Trinajstić information content (AvgIpc) is 3.55. The molecule has 0 heterocycles. The molecule has 3 aromatic carbocycles. The van der Waals surface area contributed by atoms with Gasteiger partial charge in [0.2, 0.25) is 5.91 Å². The molecule has 0 spiro atoms. The summed E-state index contributed by atoms with van der Waals surface area (Å²) in [6, 6.07) is 8.07. The first-order valence-electron chi connectivity index (χ1n) is 14.9. The van der Waals surface area contributed by atoms with Crippen molar-refractivity contribution in [2.24, 2.45) is 5.92 Å². The molecule has 9 nitrogen and oxygen atoms in total. The third kappa shape index (κ3) is 8.59. The van der Waals surface area contributed by atoms with E-state index in [0.29, 0.717) is 5.56 Å². The molecule has 3 aromatic rings. The maximum absolute atomic E-state index is 16.0. The largest absolute Gasteiger partial charge is 0.443 e. The van der Waals surface area contributed by atoms with Crippen LogP contribution in [0, 0.1) is 30.3 Å². The van der Waals surface area contributed by atoms with E-state index < -0.39 is 80.2 Å². The maximum atomic E-state index is 16.0.